The van der Waals surface area contributed by atoms with E-state index in [4.69, 9.17) is 5.73 Å². The van der Waals surface area contributed by atoms with Crippen LogP contribution in [0.5, 0.6) is 0 Å². The summed E-state index contributed by atoms with van der Waals surface area (Å²) in [5.41, 5.74) is 5.60. The molecular formula is C13H23N5O. The minimum absolute atomic E-state index is 0.00139. The van der Waals surface area contributed by atoms with E-state index in [0.717, 1.165) is 31.5 Å². The van der Waals surface area contributed by atoms with Gasteiger partial charge in [-0.1, -0.05) is 19.8 Å². The zero-order chi connectivity index (χ0) is 14.0. The lowest BCUT2D eigenvalue weighted by molar-refractivity contribution is -0.138. The molecule has 1 amide bonds. The second kappa shape index (κ2) is 5.28. The van der Waals surface area contributed by atoms with Gasteiger partial charge in [0.1, 0.15) is 5.82 Å². The molecule has 2 atom stereocenters. The SMILES string of the molecule is Cc1nc(CN(C)C(=O)C2(N)CCCC(C)C2)n[nH]1. The Labute approximate surface area is 113 Å². The first-order chi connectivity index (χ1) is 8.90. The van der Waals surface area contributed by atoms with Crippen LogP contribution in [0.25, 0.3) is 0 Å². The van der Waals surface area contributed by atoms with E-state index < -0.39 is 5.54 Å². The maximum atomic E-state index is 12.5. The van der Waals surface area contributed by atoms with Crippen LogP contribution in [0.15, 0.2) is 0 Å². The molecule has 0 radical (unpaired) electrons. The van der Waals surface area contributed by atoms with Crippen LogP contribution in [-0.2, 0) is 11.3 Å². The van der Waals surface area contributed by atoms with Crippen molar-refractivity contribution in [2.24, 2.45) is 11.7 Å². The fourth-order valence-corrected chi connectivity index (χ4v) is 2.91. The van der Waals surface area contributed by atoms with Crippen molar-refractivity contribution in [2.75, 3.05) is 7.05 Å². The third-order valence-corrected chi connectivity index (χ3v) is 3.83. The second-order valence-corrected chi connectivity index (χ2v) is 5.86. The van der Waals surface area contributed by atoms with E-state index in [-0.39, 0.29) is 5.91 Å². The first kappa shape index (κ1) is 14.0. The van der Waals surface area contributed by atoms with Crippen LogP contribution < -0.4 is 5.73 Å². The largest absolute Gasteiger partial charge is 0.337 e. The summed E-state index contributed by atoms with van der Waals surface area (Å²) in [4.78, 5) is 18.4. The Morgan fingerprint density at radius 1 is 1.63 bits per heavy atom. The maximum Gasteiger partial charge on any atom is 0.242 e. The summed E-state index contributed by atoms with van der Waals surface area (Å²) >= 11 is 0. The van der Waals surface area contributed by atoms with Gasteiger partial charge < -0.3 is 10.6 Å². The average molecular weight is 265 g/mol. The summed E-state index contributed by atoms with van der Waals surface area (Å²) in [6, 6.07) is 0. The van der Waals surface area contributed by atoms with Gasteiger partial charge >= 0.3 is 0 Å². The topological polar surface area (TPSA) is 87.9 Å². The molecule has 0 bridgehead atoms. The van der Waals surface area contributed by atoms with E-state index in [1.165, 1.54) is 0 Å². The smallest absolute Gasteiger partial charge is 0.242 e. The Hall–Kier alpha value is -1.43. The Morgan fingerprint density at radius 3 is 2.95 bits per heavy atom. The quantitative estimate of drug-likeness (QED) is 0.852. The number of H-pyrrole nitrogens is 1. The van der Waals surface area contributed by atoms with Crippen molar-refractivity contribution in [3.05, 3.63) is 11.6 Å². The zero-order valence-corrected chi connectivity index (χ0v) is 11.9. The Kier molecular flexibility index (Phi) is 3.89. The standard InChI is InChI=1S/C13H23N5O/c1-9-5-4-6-13(14,7-9)12(19)18(3)8-11-15-10(2)16-17-11/h9H,4-8,14H2,1-3H3,(H,15,16,17). The van der Waals surface area contributed by atoms with Gasteiger partial charge in [0.25, 0.3) is 0 Å². The molecule has 3 N–H and O–H groups in total. The minimum Gasteiger partial charge on any atom is -0.337 e. The van der Waals surface area contributed by atoms with Crippen LogP contribution in [0.2, 0.25) is 0 Å². The molecule has 6 heteroatoms. The molecule has 1 heterocycles. The lowest BCUT2D eigenvalue weighted by atomic mass is 9.76. The zero-order valence-electron chi connectivity index (χ0n) is 11.9. The molecule has 0 saturated heterocycles. The Bertz CT molecular complexity index is 458. The first-order valence-electron chi connectivity index (χ1n) is 6.83. The monoisotopic (exact) mass is 265 g/mol. The number of carbonyl (C=O) groups is 1. The third kappa shape index (κ3) is 3.12. The number of aromatic nitrogens is 3. The Morgan fingerprint density at radius 2 is 2.37 bits per heavy atom. The highest BCUT2D eigenvalue weighted by Crippen LogP contribution is 2.31. The average Bonchev–Trinajstić information content (AvgIpc) is 2.73. The number of likely N-dealkylation sites (N-methyl/N-ethyl adjacent to an activating group) is 1. The molecule has 1 aliphatic carbocycles. The molecule has 106 valence electrons. The minimum atomic E-state index is -0.711. The predicted octanol–water partition coefficient (Wildman–Crippen LogP) is 0.979. The van der Waals surface area contributed by atoms with Gasteiger partial charge in [-0.25, -0.2) is 4.98 Å². The molecule has 1 saturated carbocycles. The van der Waals surface area contributed by atoms with Crippen molar-refractivity contribution in [3.63, 3.8) is 0 Å². The number of aromatic amines is 1. The number of nitrogens with one attached hydrogen (secondary N) is 1. The second-order valence-electron chi connectivity index (χ2n) is 5.86. The third-order valence-electron chi connectivity index (χ3n) is 3.83. The number of aryl methyl sites for hydroxylation is 1. The van der Waals surface area contributed by atoms with Crippen LogP contribution in [0.3, 0.4) is 0 Å². The van der Waals surface area contributed by atoms with Crippen molar-refractivity contribution >= 4 is 5.91 Å². The molecule has 6 nitrogen and oxygen atoms in total. The maximum absolute atomic E-state index is 12.5. The van der Waals surface area contributed by atoms with Crippen LogP contribution in [0.4, 0.5) is 0 Å². The van der Waals surface area contributed by atoms with E-state index in [9.17, 15) is 4.79 Å². The van der Waals surface area contributed by atoms with Crippen molar-refractivity contribution < 1.29 is 4.79 Å². The van der Waals surface area contributed by atoms with Crippen LogP contribution in [0, 0.1) is 12.8 Å². The van der Waals surface area contributed by atoms with Crippen LogP contribution >= 0.6 is 0 Å². The lowest BCUT2D eigenvalue weighted by Crippen LogP contribution is -2.56. The normalized spacial score (nSPS) is 27.3. The highest BCUT2D eigenvalue weighted by molar-refractivity contribution is 5.86. The van der Waals surface area contributed by atoms with Gasteiger partial charge in [-0.3, -0.25) is 9.89 Å². The van der Waals surface area contributed by atoms with E-state index in [2.05, 4.69) is 22.1 Å². The van der Waals surface area contributed by atoms with Gasteiger partial charge in [-0.15, -0.1) is 0 Å². The molecule has 2 rings (SSSR count). The molecule has 1 aromatic rings. The van der Waals surface area contributed by atoms with Crippen LogP contribution in [-0.4, -0.2) is 38.6 Å². The molecular weight excluding hydrogens is 242 g/mol. The summed E-state index contributed by atoms with van der Waals surface area (Å²) in [6.45, 7) is 4.40. The first-order valence-corrected chi connectivity index (χ1v) is 6.83. The number of carbonyl (C=O) groups excluding carboxylic acids is 1. The van der Waals surface area contributed by atoms with Crippen molar-refractivity contribution in [1.29, 1.82) is 0 Å². The molecule has 19 heavy (non-hydrogen) atoms. The van der Waals surface area contributed by atoms with Crippen molar-refractivity contribution in [2.45, 2.75) is 51.6 Å². The lowest BCUT2D eigenvalue weighted by Gasteiger charge is -2.37. The molecule has 2 unspecified atom stereocenters. The van der Waals surface area contributed by atoms with Crippen LogP contribution in [0.1, 0.15) is 44.3 Å². The van der Waals surface area contributed by atoms with Gasteiger partial charge in [-0.05, 0) is 25.7 Å². The fraction of sp³-hybridized carbons (Fsp3) is 0.769. The molecule has 0 aromatic carbocycles. The summed E-state index contributed by atoms with van der Waals surface area (Å²) in [5.74, 6) is 1.90. The summed E-state index contributed by atoms with van der Waals surface area (Å²) in [7, 11) is 1.77. The number of nitrogens with two attached hydrogens (primary N) is 1. The number of rotatable bonds is 3. The Balaban J connectivity index is 2.01. The van der Waals surface area contributed by atoms with Gasteiger partial charge in [-0.2, -0.15) is 5.10 Å². The van der Waals surface area contributed by atoms with E-state index in [0.29, 0.717) is 18.3 Å². The molecule has 1 fully saturated rings. The van der Waals surface area contributed by atoms with Crippen molar-refractivity contribution in [3.8, 4) is 0 Å². The molecule has 0 aliphatic heterocycles. The van der Waals surface area contributed by atoms with E-state index >= 15 is 0 Å². The van der Waals surface area contributed by atoms with Gasteiger partial charge in [0.05, 0.1) is 12.1 Å². The summed E-state index contributed by atoms with van der Waals surface area (Å²) < 4.78 is 0. The van der Waals surface area contributed by atoms with Gasteiger partial charge in [0.2, 0.25) is 5.91 Å². The van der Waals surface area contributed by atoms with Crippen molar-refractivity contribution in [1.82, 2.24) is 20.1 Å². The summed E-state index contributed by atoms with van der Waals surface area (Å²) in [6.07, 6.45) is 3.73. The molecule has 1 aromatic heterocycles. The van der Waals surface area contributed by atoms with E-state index in [1.54, 1.807) is 11.9 Å². The summed E-state index contributed by atoms with van der Waals surface area (Å²) in [5, 5.41) is 6.83. The fourth-order valence-electron chi connectivity index (χ4n) is 2.91. The number of amides is 1. The molecule has 1 aliphatic rings. The van der Waals surface area contributed by atoms with E-state index in [1.807, 2.05) is 6.92 Å². The predicted molar refractivity (Wildman–Crippen MR) is 72.1 cm³/mol. The molecule has 0 spiro atoms. The highest BCUT2D eigenvalue weighted by Gasteiger charge is 2.39. The van der Waals surface area contributed by atoms with Gasteiger partial charge in [0, 0.05) is 7.05 Å². The number of nitrogens with zero attached hydrogens (tertiary/aromatic N) is 3. The number of hydrogen-bond acceptors (Lipinski definition) is 4. The van der Waals surface area contributed by atoms with Gasteiger partial charge in [0.15, 0.2) is 5.82 Å². The number of hydrogen-bond donors (Lipinski definition) is 2. The highest BCUT2D eigenvalue weighted by atomic mass is 16.2.